The van der Waals surface area contributed by atoms with E-state index in [4.69, 9.17) is 4.74 Å². The van der Waals surface area contributed by atoms with Crippen LogP contribution in [0.25, 0.3) is 0 Å². The fraction of sp³-hybridized carbons (Fsp3) is 0.435. The van der Waals surface area contributed by atoms with E-state index >= 15 is 0 Å². The van der Waals surface area contributed by atoms with Gasteiger partial charge in [-0.25, -0.2) is 4.39 Å². The lowest BCUT2D eigenvalue weighted by Gasteiger charge is -2.28. The van der Waals surface area contributed by atoms with Crippen molar-refractivity contribution in [2.24, 2.45) is 0 Å². The number of amides is 1. The van der Waals surface area contributed by atoms with Gasteiger partial charge in [0.25, 0.3) is 5.91 Å². The van der Waals surface area contributed by atoms with Crippen LogP contribution in [0.2, 0.25) is 0 Å². The molecular formula is C23H26F4N2O2S. The zero-order chi connectivity index (χ0) is 23.5. The number of carbonyl (C=O) groups excluding carboxylic acids is 1. The number of hydrogen-bond donors (Lipinski definition) is 1. The summed E-state index contributed by atoms with van der Waals surface area (Å²) in [5.41, 5.74) is 0.693. The average Bonchev–Trinajstić information content (AvgIpc) is 3.20. The van der Waals surface area contributed by atoms with Gasteiger partial charge in [0.05, 0.1) is 17.2 Å². The maximum absolute atomic E-state index is 14.6. The average molecular weight is 471 g/mol. The normalized spacial score (nSPS) is 16.5. The Labute approximate surface area is 189 Å². The summed E-state index contributed by atoms with van der Waals surface area (Å²) in [6, 6.07) is 7.81. The fourth-order valence-corrected chi connectivity index (χ4v) is 4.14. The van der Waals surface area contributed by atoms with E-state index in [1.807, 2.05) is 18.7 Å². The van der Waals surface area contributed by atoms with Crippen molar-refractivity contribution in [1.82, 2.24) is 4.72 Å². The topological polar surface area (TPSA) is 41.6 Å². The van der Waals surface area contributed by atoms with Gasteiger partial charge in [0.1, 0.15) is 18.2 Å². The van der Waals surface area contributed by atoms with Crippen LogP contribution in [0, 0.1) is 5.82 Å². The molecule has 1 aliphatic rings. The molecule has 174 valence electrons. The zero-order valence-electron chi connectivity index (χ0n) is 18.1. The number of nitrogens with one attached hydrogen (secondary N) is 1. The van der Waals surface area contributed by atoms with Crippen LogP contribution < -0.4 is 14.4 Å². The van der Waals surface area contributed by atoms with Crippen LogP contribution in [-0.4, -0.2) is 31.4 Å². The highest BCUT2D eigenvalue weighted by molar-refractivity contribution is 7.97. The Morgan fingerprint density at radius 3 is 2.53 bits per heavy atom. The Kier molecular flexibility index (Phi) is 7.59. The molecule has 0 bridgehead atoms. The van der Waals surface area contributed by atoms with Crippen molar-refractivity contribution in [3.05, 3.63) is 58.9 Å². The zero-order valence-corrected chi connectivity index (χ0v) is 18.9. The lowest BCUT2D eigenvalue weighted by molar-refractivity contribution is -0.137. The van der Waals surface area contributed by atoms with Crippen LogP contribution in [0.15, 0.2) is 36.4 Å². The molecule has 3 rings (SSSR count). The number of rotatable bonds is 7. The molecule has 0 aromatic heterocycles. The molecule has 0 saturated carbocycles. The number of hydrogen-bond acceptors (Lipinski definition) is 4. The molecule has 1 saturated heterocycles. The Morgan fingerprint density at radius 2 is 1.94 bits per heavy atom. The number of carbonyl (C=O) groups is 1. The van der Waals surface area contributed by atoms with Crippen LogP contribution in [-0.2, 0) is 6.18 Å². The Balaban J connectivity index is 1.76. The second-order valence-electron chi connectivity index (χ2n) is 8.00. The van der Waals surface area contributed by atoms with E-state index in [1.165, 1.54) is 24.3 Å². The van der Waals surface area contributed by atoms with Crippen LogP contribution >= 0.6 is 11.9 Å². The minimum Gasteiger partial charge on any atom is -0.491 e. The Hall–Kier alpha value is -2.42. The molecule has 1 aliphatic heterocycles. The van der Waals surface area contributed by atoms with Gasteiger partial charge < -0.3 is 9.64 Å². The molecule has 1 fully saturated rings. The lowest BCUT2D eigenvalue weighted by Crippen LogP contribution is -2.34. The summed E-state index contributed by atoms with van der Waals surface area (Å²) < 4.78 is 61.6. The SMILES string of the molecule is CSNC(=O)c1cc(C(C)C)c(OCC2CCCN2c2ccc(C(F)(F)F)cc2)cc1F. The molecule has 0 radical (unpaired) electrons. The van der Waals surface area contributed by atoms with Gasteiger partial charge in [-0.2, -0.15) is 13.2 Å². The number of ether oxygens (including phenoxy) is 1. The van der Waals surface area contributed by atoms with Gasteiger partial charge in [-0.3, -0.25) is 9.52 Å². The first-order valence-corrected chi connectivity index (χ1v) is 11.6. The van der Waals surface area contributed by atoms with Crippen molar-refractivity contribution >= 4 is 23.5 Å². The van der Waals surface area contributed by atoms with Gasteiger partial charge in [-0.05, 0) is 54.7 Å². The monoisotopic (exact) mass is 470 g/mol. The molecule has 32 heavy (non-hydrogen) atoms. The first-order chi connectivity index (χ1) is 15.1. The van der Waals surface area contributed by atoms with Gasteiger partial charge in [-0.15, -0.1) is 0 Å². The van der Waals surface area contributed by atoms with Crippen LogP contribution in [0.3, 0.4) is 0 Å². The minimum absolute atomic E-state index is 0.000948. The van der Waals surface area contributed by atoms with Crippen molar-refractivity contribution in [3.63, 3.8) is 0 Å². The van der Waals surface area contributed by atoms with Crippen molar-refractivity contribution < 1.29 is 27.1 Å². The van der Waals surface area contributed by atoms with E-state index in [9.17, 15) is 22.4 Å². The highest BCUT2D eigenvalue weighted by atomic mass is 32.2. The molecule has 1 unspecified atom stereocenters. The summed E-state index contributed by atoms with van der Waals surface area (Å²) >= 11 is 1.09. The molecule has 1 amide bonds. The summed E-state index contributed by atoms with van der Waals surface area (Å²) in [5.74, 6) is -0.798. The molecule has 9 heteroatoms. The molecule has 1 heterocycles. The predicted octanol–water partition coefficient (Wildman–Crippen LogP) is 6.02. The second-order valence-corrected chi connectivity index (χ2v) is 8.62. The molecule has 2 aromatic rings. The molecule has 1 N–H and O–H groups in total. The minimum atomic E-state index is -4.37. The molecular weight excluding hydrogens is 444 g/mol. The van der Waals surface area contributed by atoms with E-state index in [0.29, 0.717) is 18.0 Å². The van der Waals surface area contributed by atoms with E-state index in [1.54, 1.807) is 6.26 Å². The molecule has 0 spiro atoms. The van der Waals surface area contributed by atoms with E-state index < -0.39 is 23.5 Å². The standard InChI is InChI=1S/C23H26F4N2O2S/c1-14(2)18-11-19(22(30)28-32-3)20(24)12-21(18)31-13-17-5-4-10-29(17)16-8-6-15(7-9-16)23(25,26)27/h6-9,11-12,14,17H,4-5,10,13H2,1-3H3,(H,28,30). The molecule has 4 nitrogen and oxygen atoms in total. The Bertz CT molecular complexity index is 948. The molecule has 1 atom stereocenters. The fourth-order valence-electron chi connectivity index (χ4n) is 3.85. The quantitative estimate of drug-likeness (QED) is 0.397. The van der Waals surface area contributed by atoms with Gasteiger partial charge in [0.2, 0.25) is 0 Å². The lowest BCUT2D eigenvalue weighted by atomic mass is 9.99. The molecule has 0 aliphatic carbocycles. The highest BCUT2D eigenvalue weighted by Crippen LogP contribution is 2.34. The van der Waals surface area contributed by atoms with Crippen molar-refractivity contribution in [2.45, 2.75) is 44.8 Å². The number of halogens is 4. The van der Waals surface area contributed by atoms with E-state index in [0.717, 1.165) is 42.5 Å². The number of nitrogens with zero attached hydrogens (tertiary/aromatic N) is 1. The summed E-state index contributed by atoms with van der Waals surface area (Å²) in [6.07, 6.45) is -0.994. The van der Waals surface area contributed by atoms with Crippen molar-refractivity contribution in [3.8, 4) is 5.75 Å². The Morgan fingerprint density at radius 1 is 1.25 bits per heavy atom. The van der Waals surface area contributed by atoms with Crippen molar-refractivity contribution in [1.29, 1.82) is 0 Å². The second kappa shape index (κ2) is 10.0. The van der Waals surface area contributed by atoms with Gasteiger partial charge in [-0.1, -0.05) is 25.8 Å². The predicted molar refractivity (Wildman–Crippen MR) is 119 cm³/mol. The maximum Gasteiger partial charge on any atom is 0.416 e. The van der Waals surface area contributed by atoms with Crippen LogP contribution in [0.1, 0.15) is 54.1 Å². The van der Waals surface area contributed by atoms with Crippen LogP contribution in [0.4, 0.5) is 23.2 Å². The third-order valence-corrected chi connectivity index (χ3v) is 5.89. The first kappa shape index (κ1) is 24.2. The summed E-state index contributed by atoms with van der Waals surface area (Å²) in [5, 5.41) is 0. The molecule has 2 aromatic carbocycles. The van der Waals surface area contributed by atoms with Gasteiger partial charge in [0, 0.05) is 24.6 Å². The van der Waals surface area contributed by atoms with Gasteiger partial charge >= 0.3 is 6.18 Å². The summed E-state index contributed by atoms with van der Waals surface area (Å²) in [4.78, 5) is 14.1. The number of benzene rings is 2. The van der Waals surface area contributed by atoms with Gasteiger partial charge in [0.15, 0.2) is 0 Å². The van der Waals surface area contributed by atoms with E-state index in [2.05, 4.69) is 4.72 Å². The summed E-state index contributed by atoms with van der Waals surface area (Å²) in [7, 11) is 0. The van der Waals surface area contributed by atoms with Crippen LogP contribution in [0.5, 0.6) is 5.75 Å². The largest absolute Gasteiger partial charge is 0.491 e. The first-order valence-electron chi connectivity index (χ1n) is 10.3. The number of anilines is 1. The third-order valence-electron chi connectivity index (χ3n) is 5.50. The number of alkyl halides is 3. The highest BCUT2D eigenvalue weighted by Gasteiger charge is 2.31. The smallest absolute Gasteiger partial charge is 0.416 e. The third kappa shape index (κ3) is 5.49. The maximum atomic E-state index is 14.6. The van der Waals surface area contributed by atoms with E-state index in [-0.39, 0.29) is 24.1 Å². The summed E-state index contributed by atoms with van der Waals surface area (Å²) in [6.45, 7) is 4.83. The van der Waals surface area contributed by atoms with Crippen molar-refractivity contribution in [2.75, 3.05) is 24.3 Å².